The van der Waals surface area contributed by atoms with Crippen LogP contribution in [0.1, 0.15) is 10.4 Å². The number of aliphatic hydroxyl groups is 1. The Morgan fingerprint density at radius 2 is 1.73 bits per heavy atom. The first-order valence-electron chi connectivity index (χ1n) is 7.02. The molecule has 0 aliphatic rings. The Labute approximate surface area is 128 Å². The van der Waals surface area contributed by atoms with E-state index in [9.17, 15) is 4.79 Å². The van der Waals surface area contributed by atoms with Gasteiger partial charge in [0.2, 0.25) is 12.3 Å². The summed E-state index contributed by atoms with van der Waals surface area (Å²) in [5.41, 5.74) is 0.651. The van der Waals surface area contributed by atoms with Gasteiger partial charge < -0.3 is 9.84 Å². The van der Waals surface area contributed by atoms with Crippen molar-refractivity contribution in [1.82, 2.24) is 0 Å². The number of fused-ring (bicyclic) bond motifs is 1. The number of hydrogen-bond acceptors (Lipinski definition) is 3. The zero-order valence-corrected chi connectivity index (χ0v) is 12.0. The van der Waals surface area contributed by atoms with E-state index in [0.717, 1.165) is 10.8 Å². The van der Waals surface area contributed by atoms with Gasteiger partial charge in [0.1, 0.15) is 0 Å². The second-order valence-electron chi connectivity index (χ2n) is 4.90. The van der Waals surface area contributed by atoms with Crippen molar-refractivity contribution in [3.63, 3.8) is 0 Å². The summed E-state index contributed by atoms with van der Waals surface area (Å²) in [6.45, 7) is -0.280. The molecule has 1 heterocycles. The highest BCUT2D eigenvalue weighted by Gasteiger charge is 2.20. The van der Waals surface area contributed by atoms with Gasteiger partial charge >= 0.3 is 5.88 Å². The molecule has 1 N–H and O–H groups in total. The van der Waals surface area contributed by atoms with Gasteiger partial charge in [0.05, 0.1) is 5.39 Å². The van der Waals surface area contributed by atoms with Crippen molar-refractivity contribution >= 4 is 16.6 Å². The molecule has 0 aliphatic carbocycles. The van der Waals surface area contributed by atoms with Crippen molar-refractivity contribution in [2.24, 2.45) is 0 Å². The second-order valence-corrected chi connectivity index (χ2v) is 4.90. The van der Waals surface area contributed by atoms with E-state index < -0.39 is 6.79 Å². The van der Waals surface area contributed by atoms with Crippen LogP contribution in [0.15, 0.2) is 66.9 Å². The molecule has 0 spiro atoms. The standard InChI is InChI=1S/C18H16NO3/c20-13-22-18-16-9-5-4-6-14(16)10-11-19(18)12-17(21)15-7-2-1-3-8-15/h1-11,20H,12-13H2/q+1. The normalized spacial score (nSPS) is 10.6. The Morgan fingerprint density at radius 1 is 1.00 bits per heavy atom. The summed E-state index contributed by atoms with van der Waals surface area (Å²) in [7, 11) is 0. The molecule has 1 aromatic heterocycles. The number of ketones is 1. The van der Waals surface area contributed by atoms with E-state index >= 15 is 0 Å². The highest BCUT2D eigenvalue weighted by atomic mass is 16.6. The summed E-state index contributed by atoms with van der Waals surface area (Å²) in [5, 5.41) is 11.0. The number of Topliss-reactive ketones (excluding diaryl/α,β-unsaturated/α-hetero) is 1. The van der Waals surface area contributed by atoms with E-state index in [-0.39, 0.29) is 12.3 Å². The molecule has 0 saturated heterocycles. The molecule has 0 atom stereocenters. The third kappa shape index (κ3) is 2.82. The van der Waals surface area contributed by atoms with E-state index in [0.29, 0.717) is 11.4 Å². The summed E-state index contributed by atoms with van der Waals surface area (Å²) in [6, 6.07) is 18.8. The first-order chi connectivity index (χ1) is 10.8. The van der Waals surface area contributed by atoms with Crippen LogP contribution in [0.25, 0.3) is 10.8 Å². The first kappa shape index (κ1) is 14.2. The molecule has 22 heavy (non-hydrogen) atoms. The van der Waals surface area contributed by atoms with Crippen molar-refractivity contribution in [1.29, 1.82) is 0 Å². The minimum atomic E-state index is -0.437. The summed E-state index contributed by atoms with van der Waals surface area (Å²) in [6.07, 6.45) is 1.80. The van der Waals surface area contributed by atoms with E-state index in [1.165, 1.54) is 0 Å². The monoisotopic (exact) mass is 294 g/mol. The Balaban J connectivity index is 1.99. The van der Waals surface area contributed by atoms with Gasteiger partial charge in [-0.1, -0.05) is 48.5 Å². The summed E-state index contributed by atoms with van der Waals surface area (Å²) >= 11 is 0. The molecule has 0 saturated carbocycles. The van der Waals surface area contributed by atoms with E-state index in [1.54, 1.807) is 22.9 Å². The predicted molar refractivity (Wildman–Crippen MR) is 82.6 cm³/mol. The van der Waals surface area contributed by atoms with Crippen LogP contribution in [0.5, 0.6) is 5.88 Å². The van der Waals surface area contributed by atoms with Crippen molar-refractivity contribution in [2.45, 2.75) is 6.54 Å². The van der Waals surface area contributed by atoms with Gasteiger partial charge in [-0.05, 0) is 11.5 Å². The fourth-order valence-corrected chi connectivity index (χ4v) is 2.45. The van der Waals surface area contributed by atoms with Crippen molar-refractivity contribution in [3.05, 3.63) is 72.4 Å². The lowest BCUT2D eigenvalue weighted by atomic mass is 10.1. The zero-order chi connectivity index (χ0) is 15.4. The highest BCUT2D eigenvalue weighted by molar-refractivity contribution is 5.95. The van der Waals surface area contributed by atoms with Crippen LogP contribution in [0.2, 0.25) is 0 Å². The average molecular weight is 294 g/mol. The Morgan fingerprint density at radius 3 is 2.50 bits per heavy atom. The van der Waals surface area contributed by atoms with E-state index in [1.807, 2.05) is 48.5 Å². The third-order valence-corrected chi connectivity index (χ3v) is 3.50. The molecule has 0 radical (unpaired) electrons. The van der Waals surface area contributed by atoms with Crippen LogP contribution < -0.4 is 9.30 Å². The molecule has 0 aliphatic heterocycles. The SMILES string of the molecule is O=C(C[n+]1ccc2ccccc2c1OCO)c1ccccc1. The van der Waals surface area contributed by atoms with Crippen LogP contribution >= 0.6 is 0 Å². The maximum atomic E-state index is 12.4. The van der Waals surface area contributed by atoms with Crippen LogP contribution in [0, 0.1) is 0 Å². The number of hydrogen-bond donors (Lipinski definition) is 1. The predicted octanol–water partition coefficient (Wildman–Crippen LogP) is 2.34. The molecule has 3 aromatic rings. The Bertz CT molecular complexity index is 800. The van der Waals surface area contributed by atoms with Crippen molar-refractivity contribution < 1.29 is 19.2 Å². The number of ether oxygens (including phenoxy) is 1. The van der Waals surface area contributed by atoms with Crippen molar-refractivity contribution in [3.8, 4) is 5.88 Å². The van der Waals surface area contributed by atoms with Crippen LogP contribution in [0.4, 0.5) is 0 Å². The second kappa shape index (κ2) is 6.37. The molecule has 0 unspecified atom stereocenters. The fraction of sp³-hybridized carbons (Fsp3) is 0.111. The van der Waals surface area contributed by atoms with E-state index in [2.05, 4.69) is 0 Å². The summed E-state index contributed by atoms with van der Waals surface area (Å²) in [4.78, 5) is 12.4. The smallest absolute Gasteiger partial charge is 0.378 e. The lowest BCUT2D eigenvalue weighted by molar-refractivity contribution is -0.687. The largest absolute Gasteiger partial charge is 0.417 e. The minimum absolute atomic E-state index is 0.0105. The first-order valence-corrected chi connectivity index (χ1v) is 7.02. The maximum absolute atomic E-state index is 12.4. The Hall–Kier alpha value is -2.72. The molecular formula is C18H16NO3+. The maximum Gasteiger partial charge on any atom is 0.378 e. The topological polar surface area (TPSA) is 50.4 Å². The fourth-order valence-electron chi connectivity index (χ4n) is 2.45. The number of aliphatic hydroxyl groups excluding tert-OH is 1. The van der Waals surface area contributed by atoms with Gasteiger partial charge in [-0.3, -0.25) is 4.79 Å². The average Bonchev–Trinajstić information content (AvgIpc) is 2.58. The quantitative estimate of drug-likeness (QED) is 0.446. The van der Waals surface area contributed by atoms with Crippen LogP contribution in [0.3, 0.4) is 0 Å². The molecule has 2 aromatic carbocycles. The van der Waals surface area contributed by atoms with Crippen LogP contribution in [-0.2, 0) is 6.54 Å². The minimum Gasteiger partial charge on any atom is -0.417 e. The van der Waals surface area contributed by atoms with Gasteiger partial charge in [-0.25, -0.2) is 0 Å². The van der Waals surface area contributed by atoms with Gasteiger partial charge in [-0.15, -0.1) is 0 Å². The molecule has 0 fully saturated rings. The van der Waals surface area contributed by atoms with Gasteiger partial charge in [0, 0.05) is 11.6 Å². The number of nitrogens with zero attached hydrogens (tertiary/aromatic N) is 1. The molecule has 3 rings (SSSR count). The van der Waals surface area contributed by atoms with Gasteiger partial charge in [0.25, 0.3) is 0 Å². The van der Waals surface area contributed by atoms with E-state index in [4.69, 9.17) is 9.84 Å². The zero-order valence-electron chi connectivity index (χ0n) is 12.0. The van der Waals surface area contributed by atoms with Crippen molar-refractivity contribution in [2.75, 3.05) is 6.79 Å². The lowest BCUT2D eigenvalue weighted by Gasteiger charge is -2.06. The molecule has 110 valence electrons. The number of carbonyl (C=O) groups excluding carboxylic acids is 1. The number of pyridine rings is 1. The molecule has 0 amide bonds. The highest BCUT2D eigenvalue weighted by Crippen LogP contribution is 2.21. The Kier molecular flexibility index (Phi) is 4.12. The molecule has 0 bridgehead atoms. The lowest BCUT2D eigenvalue weighted by Crippen LogP contribution is -2.39. The van der Waals surface area contributed by atoms with Crippen LogP contribution in [-0.4, -0.2) is 17.7 Å². The number of aromatic nitrogens is 1. The number of carbonyl (C=O) groups is 1. The molecule has 4 nitrogen and oxygen atoms in total. The number of rotatable bonds is 5. The third-order valence-electron chi connectivity index (χ3n) is 3.50. The van der Waals surface area contributed by atoms with Gasteiger partial charge in [-0.2, -0.15) is 4.57 Å². The number of benzene rings is 2. The summed E-state index contributed by atoms with van der Waals surface area (Å²) in [5.74, 6) is 0.480. The molecule has 4 heteroatoms. The summed E-state index contributed by atoms with van der Waals surface area (Å²) < 4.78 is 7.07. The molecular weight excluding hydrogens is 278 g/mol. The van der Waals surface area contributed by atoms with Gasteiger partial charge in [0.15, 0.2) is 13.0 Å².